The van der Waals surface area contributed by atoms with Crippen LogP contribution in [0, 0.1) is 0 Å². The maximum Gasteiger partial charge on any atom is 0.273 e. The molecular weight excluding hydrogens is 268 g/mol. The van der Waals surface area contributed by atoms with Crippen molar-refractivity contribution in [2.24, 2.45) is 0 Å². The molecule has 1 amide bonds. The van der Waals surface area contributed by atoms with Crippen LogP contribution < -0.4 is 5.32 Å². The number of ether oxygens (including phenoxy) is 1. The molecule has 0 spiro atoms. The van der Waals surface area contributed by atoms with Gasteiger partial charge in [-0.05, 0) is 18.9 Å². The first kappa shape index (κ1) is 15.3. The molecule has 0 bridgehead atoms. The van der Waals surface area contributed by atoms with Crippen LogP contribution in [0.4, 0.5) is 0 Å². The number of carbonyl (C=O) groups is 1. The number of hydrogen-bond acceptors (Lipinski definition) is 4. The summed E-state index contributed by atoms with van der Waals surface area (Å²) in [7, 11) is 0. The van der Waals surface area contributed by atoms with Gasteiger partial charge in [0.2, 0.25) is 0 Å². The summed E-state index contributed by atoms with van der Waals surface area (Å²) in [5.41, 5.74) is 1.38. The molecule has 1 unspecified atom stereocenters. The fraction of sp³-hybridized carbons (Fsp3) is 0.375. The van der Waals surface area contributed by atoms with Crippen LogP contribution in [-0.2, 0) is 18.0 Å². The highest BCUT2D eigenvalue weighted by Crippen LogP contribution is 2.08. The van der Waals surface area contributed by atoms with E-state index in [1.807, 2.05) is 44.2 Å². The van der Waals surface area contributed by atoms with E-state index in [0.717, 1.165) is 12.0 Å². The van der Waals surface area contributed by atoms with E-state index < -0.39 is 0 Å². The van der Waals surface area contributed by atoms with E-state index in [1.54, 1.807) is 6.07 Å². The quantitative estimate of drug-likeness (QED) is 0.850. The molecule has 0 saturated carbocycles. The monoisotopic (exact) mass is 288 g/mol. The van der Waals surface area contributed by atoms with Gasteiger partial charge in [0, 0.05) is 12.1 Å². The van der Waals surface area contributed by atoms with Gasteiger partial charge in [-0.15, -0.1) is 0 Å². The Bertz CT molecular complexity index is 566. The minimum atomic E-state index is -0.220. The maximum absolute atomic E-state index is 11.8. The van der Waals surface area contributed by atoms with Crippen LogP contribution in [0.2, 0.25) is 0 Å². The minimum Gasteiger partial charge on any atom is -0.369 e. The van der Waals surface area contributed by atoms with Gasteiger partial charge in [0.05, 0.1) is 6.61 Å². The SMILES string of the molecule is CCC(C)NC(=O)c1cc(COCc2ccccc2)on1. The third-order valence-electron chi connectivity index (χ3n) is 3.14. The van der Waals surface area contributed by atoms with Gasteiger partial charge in [0.15, 0.2) is 11.5 Å². The van der Waals surface area contributed by atoms with Crippen LogP contribution in [0.1, 0.15) is 42.1 Å². The molecule has 0 aliphatic rings. The third-order valence-corrected chi connectivity index (χ3v) is 3.14. The molecule has 2 aromatic rings. The smallest absolute Gasteiger partial charge is 0.273 e. The summed E-state index contributed by atoms with van der Waals surface area (Å²) in [6.07, 6.45) is 0.872. The van der Waals surface area contributed by atoms with Crippen LogP contribution in [0.25, 0.3) is 0 Å². The van der Waals surface area contributed by atoms with Crippen molar-refractivity contribution in [3.63, 3.8) is 0 Å². The average molecular weight is 288 g/mol. The fourth-order valence-corrected chi connectivity index (χ4v) is 1.73. The second-order valence-electron chi connectivity index (χ2n) is 4.94. The Balaban J connectivity index is 1.81. The number of carbonyl (C=O) groups excluding carboxylic acids is 1. The number of aromatic nitrogens is 1. The highest BCUT2D eigenvalue weighted by molar-refractivity contribution is 5.92. The summed E-state index contributed by atoms with van der Waals surface area (Å²) in [5, 5.41) is 6.60. The largest absolute Gasteiger partial charge is 0.369 e. The predicted molar refractivity (Wildman–Crippen MR) is 78.7 cm³/mol. The lowest BCUT2D eigenvalue weighted by Gasteiger charge is -2.08. The topological polar surface area (TPSA) is 64.4 Å². The summed E-state index contributed by atoms with van der Waals surface area (Å²) in [4.78, 5) is 11.8. The second kappa shape index (κ2) is 7.59. The van der Waals surface area contributed by atoms with E-state index in [-0.39, 0.29) is 17.6 Å². The number of nitrogens with zero attached hydrogens (tertiary/aromatic N) is 1. The molecule has 1 aromatic heterocycles. The van der Waals surface area contributed by atoms with Crippen LogP contribution in [0.15, 0.2) is 40.9 Å². The van der Waals surface area contributed by atoms with Gasteiger partial charge in [-0.3, -0.25) is 4.79 Å². The average Bonchev–Trinajstić information content (AvgIpc) is 2.97. The first-order chi connectivity index (χ1) is 10.2. The van der Waals surface area contributed by atoms with Crippen LogP contribution in [-0.4, -0.2) is 17.1 Å². The van der Waals surface area contributed by atoms with Gasteiger partial charge in [-0.2, -0.15) is 0 Å². The molecule has 5 nitrogen and oxygen atoms in total. The van der Waals surface area contributed by atoms with E-state index in [9.17, 15) is 4.79 Å². The zero-order chi connectivity index (χ0) is 15.1. The molecule has 1 N–H and O–H groups in total. The van der Waals surface area contributed by atoms with E-state index in [1.165, 1.54) is 0 Å². The summed E-state index contributed by atoms with van der Waals surface area (Å²) in [6.45, 7) is 4.74. The molecule has 21 heavy (non-hydrogen) atoms. The van der Waals surface area contributed by atoms with Crippen molar-refractivity contribution < 1.29 is 14.1 Å². The number of benzene rings is 1. The Morgan fingerprint density at radius 2 is 2.10 bits per heavy atom. The molecule has 0 saturated heterocycles. The molecule has 112 valence electrons. The van der Waals surface area contributed by atoms with Gasteiger partial charge < -0.3 is 14.6 Å². The number of nitrogens with one attached hydrogen (secondary N) is 1. The van der Waals surface area contributed by atoms with E-state index in [0.29, 0.717) is 19.0 Å². The highest BCUT2D eigenvalue weighted by atomic mass is 16.5. The number of rotatable bonds is 7. The zero-order valence-electron chi connectivity index (χ0n) is 12.3. The lowest BCUT2D eigenvalue weighted by molar-refractivity contribution is 0.0876. The highest BCUT2D eigenvalue weighted by Gasteiger charge is 2.14. The normalized spacial score (nSPS) is 12.1. The molecule has 0 radical (unpaired) electrons. The molecule has 0 aliphatic carbocycles. The maximum atomic E-state index is 11.8. The van der Waals surface area contributed by atoms with Gasteiger partial charge >= 0.3 is 0 Å². The summed E-state index contributed by atoms with van der Waals surface area (Å²) >= 11 is 0. The van der Waals surface area contributed by atoms with Crippen LogP contribution in [0.5, 0.6) is 0 Å². The first-order valence-electron chi connectivity index (χ1n) is 7.07. The molecule has 1 heterocycles. The Kier molecular flexibility index (Phi) is 5.51. The molecule has 2 rings (SSSR count). The fourth-order valence-electron chi connectivity index (χ4n) is 1.73. The van der Waals surface area contributed by atoms with Crippen molar-refractivity contribution in [2.75, 3.05) is 0 Å². The predicted octanol–water partition coefficient (Wildman–Crippen LogP) is 2.92. The van der Waals surface area contributed by atoms with Crippen LogP contribution >= 0.6 is 0 Å². The minimum absolute atomic E-state index is 0.118. The molecule has 1 atom stereocenters. The van der Waals surface area contributed by atoms with Gasteiger partial charge in [0.25, 0.3) is 5.91 Å². The molecular formula is C16H20N2O3. The molecule has 5 heteroatoms. The summed E-state index contributed by atoms with van der Waals surface area (Å²) in [6, 6.07) is 11.6. The van der Waals surface area contributed by atoms with Crippen molar-refractivity contribution in [1.29, 1.82) is 0 Å². The third kappa shape index (κ3) is 4.72. The Morgan fingerprint density at radius 1 is 1.33 bits per heavy atom. The summed E-state index contributed by atoms with van der Waals surface area (Å²) in [5.74, 6) is 0.322. The molecule has 0 fully saturated rings. The lowest BCUT2D eigenvalue weighted by atomic mass is 10.2. The van der Waals surface area contributed by atoms with Crippen molar-refractivity contribution in [1.82, 2.24) is 10.5 Å². The van der Waals surface area contributed by atoms with Gasteiger partial charge in [0.1, 0.15) is 6.61 Å². The van der Waals surface area contributed by atoms with Gasteiger partial charge in [-0.25, -0.2) is 0 Å². The van der Waals surface area contributed by atoms with Crippen molar-refractivity contribution >= 4 is 5.91 Å². The van der Waals surface area contributed by atoms with Gasteiger partial charge in [-0.1, -0.05) is 42.4 Å². The van der Waals surface area contributed by atoms with Crippen LogP contribution in [0.3, 0.4) is 0 Å². The number of hydrogen-bond donors (Lipinski definition) is 1. The van der Waals surface area contributed by atoms with E-state index in [4.69, 9.17) is 9.26 Å². The second-order valence-corrected chi connectivity index (χ2v) is 4.94. The summed E-state index contributed by atoms with van der Waals surface area (Å²) < 4.78 is 10.6. The van der Waals surface area contributed by atoms with Crippen molar-refractivity contribution in [3.8, 4) is 0 Å². The molecule has 1 aromatic carbocycles. The van der Waals surface area contributed by atoms with Crippen molar-refractivity contribution in [2.45, 2.75) is 39.5 Å². The van der Waals surface area contributed by atoms with E-state index in [2.05, 4.69) is 10.5 Å². The number of amides is 1. The Labute approximate surface area is 124 Å². The Morgan fingerprint density at radius 3 is 2.81 bits per heavy atom. The molecule has 0 aliphatic heterocycles. The first-order valence-corrected chi connectivity index (χ1v) is 7.07. The standard InChI is InChI=1S/C16H20N2O3/c1-3-12(2)17-16(19)15-9-14(21-18-15)11-20-10-13-7-5-4-6-8-13/h4-9,12H,3,10-11H2,1-2H3,(H,17,19). The van der Waals surface area contributed by atoms with Crippen molar-refractivity contribution in [3.05, 3.63) is 53.4 Å². The lowest BCUT2D eigenvalue weighted by Crippen LogP contribution is -2.32. The van der Waals surface area contributed by atoms with E-state index >= 15 is 0 Å². The Hall–Kier alpha value is -2.14. The zero-order valence-corrected chi connectivity index (χ0v) is 12.3.